The Morgan fingerprint density at radius 2 is 1.91 bits per heavy atom. The molecule has 0 N–H and O–H groups in total. The maximum Gasteiger partial charge on any atom is 0.323 e. The second kappa shape index (κ2) is 12.4. The van der Waals surface area contributed by atoms with Crippen LogP contribution >= 0.6 is 0 Å². The van der Waals surface area contributed by atoms with Crippen LogP contribution in [0.2, 0.25) is 0 Å². The average molecular weight is 498 g/mol. The fourth-order valence-electron chi connectivity index (χ4n) is 3.79. The Hall–Kier alpha value is -3.35. The van der Waals surface area contributed by atoms with Crippen LogP contribution in [0.3, 0.4) is 0 Å². The van der Waals surface area contributed by atoms with E-state index in [0.717, 1.165) is 31.5 Å². The fourth-order valence-corrected chi connectivity index (χ4v) is 5.08. The number of hydrogen-bond donors (Lipinski definition) is 0. The zero-order chi connectivity index (χ0) is 25.3. The molecule has 0 radical (unpaired) electrons. The number of benzene rings is 2. The van der Waals surface area contributed by atoms with Crippen molar-refractivity contribution in [3.63, 3.8) is 0 Å². The van der Waals surface area contributed by atoms with Gasteiger partial charge in [-0.25, -0.2) is 8.42 Å². The molecule has 0 aliphatic carbocycles. The van der Waals surface area contributed by atoms with Crippen LogP contribution in [-0.4, -0.2) is 64.4 Å². The second-order valence-electron chi connectivity index (χ2n) is 8.35. The molecule has 8 nitrogen and oxygen atoms in total. The largest absolute Gasteiger partial charge is 0.490 e. The van der Waals surface area contributed by atoms with Gasteiger partial charge in [-0.05, 0) is 68.8 Å². The first-order valence-corrected chi connectivity index (χ1v) is 13.2. The van der Waals surface area contributed by atoms with Crippen molar-refractivity contribution in [2.75, 3.05) is 43.3 Å². The molecule has 0 spiro atoms. The maximum absolute atomic E-state index is 13.1. The van der Waals surface area contributed by atoms with E-state index in [9.17, 15) is 13.2 Å². The third-order valence-electron chi connectivity index (χ3n) is 5.63. The summed E-state index contributed by atoms with van der Waals surface area (Å²) in [5, 5.41) is 9.08. The highest BCUT2D eigenvalue weighted by Crippen LogP contribution is 2.25. The topological polar surface area (TPSA) is 99.9 Å². The first kappa shape index (κ1) is 26.3. The lowest BCUT2D eigenvalue weighted by Gasteiger charge is -2.29. The van der Waals surface area contributed by atoms with Gasteiger partial charge in [0.05, 0.1) is 30.5 Å². The number of nitriles is 1. The van der Waals surface area contributed by atoms with Crippen LogP contribution < -0.4 is 9.04 Å². The highest BCUT2D eigenvalue weighted by Gasteiger charge is 2.26. The summed E-state index contributed by atoms with van der Waals surface area (Å²) < 4.78 is 38.3. The normalized spacial score (nSPS) is 15.0. The molecule has 0 atom stereocenters. The van der Waals surface area contributed by atoms with Crippen LogP contribution in [0.15, 0.2) is 54.6 Å². The first-order valence-electron chi connectivity index (χ1n) is 11.6. The van der Waals surface area contributed by atoms with Crippen LogP contribution in [0.5, 0.6) is 5.75 Å². The minimum absolute atomic E-state index is 0.00762. The van der Waals surface area contributed by atoms with Crippen molar-refractivity contribution in [2.24, 2.45) is 0 Å². The predicted molar refractivity (Wildman–Crippen MR) is 136 cm³/mol. The molecule has 1 aliphatic heterocycles. The number of carbonyl (C=O) groups is 1. The molecule has 0 saturated carbocycles. The maximum atomic E-state index is 13.1. The van der Waals surface area contributed by atoms with Crippen molar-refractivity contribution >= 4 is 27.8 Å². The minimum Gasteiger partial charge on any atom is -0.490 e. The lowest BCUT2D eigenvalue weighted by molar-refractivity contribution is -0.139. The summed E-state index contributed by atoms with van der Waals surface area (Å²) in [7, 11) is -1.91. The van der Waals surface area contributed by atoms with Crippen LogP contribution in [-0.2, 0) is 19.6 Å². The van der Waals surface area contributed by atoms with Crippen molar-refractivity contribution in [1.29, 1.82) is 5.26 Å². The summed E-state index contributed by atoms with van der Waals surface area (Å²) in [6.07, 6.45) is 5.44. The van der Waals surface area contributed by atoms with Gasteiger partial charge in [-0.1, -0.05) is 24.3 Å². The summed E-state index contributed by atoms with van der Waals surface area (Å²) in [6.45, 7) is 3.70. The number of rotatable bonds is 10. The highest BCUT2D eigenvalue weighted by molar-refractivity contribution is 7.93. The highest BCUT2D eigenvalue weighted by atomic mass is 32.2. The van der Waals surface area contributed by atoms with Crippen LogP contribution in [0, 0.1) is 11.3 Å². The number of ether oxygens (including phenoxy) is 2. The Balaban J connectivity index is 1.78. The number of sulfonamides is 1. The van der Waals surface area contributed by atoms with E-state index in [1.54, 1.807) is 61.5 Å². The number of nitrogens with zero attached hydrogens (tertiary/aromatic N) is 3. The van der Waals surface area contributed by atoms with Crippen LogP contribution in [0.4, 0.5) is 5.69 Å². The van der Waals surface area contributed by atoms with Gasteiger partial charge < -0.3 is 14.4 Å². The van der Waals surface area contributed by atoms with Gasteiger partial charge in [0.1, 0.15) is 11.9 Å². The Morgan fingerprint density at radius 3 is 2.57 bits per heavy atom. The standard InChI is InChI=1S/C26H31N3O5S/c1-3-33-26(30)20-35(31,32)29(15-5-8-21-6-4-7-22(18-21)19-27)23-9-11-24(12-10-23)34-25-13-16-28(2)17-14-25/h4-12,18,25H,3,13-17,20H2,1-2H3/b8-5+. The Kier molecular flexibility index (Phi) is 9.29. The van der Waals surface area contributed by atoms with Gasteiger partial charge in [-0.15, -0.1) is 0 Å². The quantitative estimate of drug-likeness (QED) is 0.464. The van der Waals surface area contributed by atoms with E-state index in [1.165, 1.54) is 4.31 Å². The van der Waals surface area contributed by atoms with Crippen LogP contribution in [0.1, 0.15) is 30.9 Å². The van der Waals surface area contributed by atoms with Gasteiger partial charge in [-0.2, -0.15) is 5.26 Å². The van der Waals surface area contributed by atoms with Crippen LogP contribution in [0.25, 0.3) is 6.08 Å². The van der Waals surface area contributed by atoms with Gasteiger partial charge >= 0.3 is 5.97 Å². The zero-order valence-corrected chi connectivity index (χ0v) is 20.9. The molecule has 1 saturated heterocycles. The van der Waals surface area contributed by atoms with E-state index < -0.39 is 21.7 Å². The molecule has 1 heterocycles. The summed E-state index contributed by atoms with van der Waals surface area (Å²) in [6, 6.07) is 15.9. The number of likely N-dealkylation sites (tertiary alicyclic amines) is 1. The molecular formula is C26H31N3O5S. The molecular weight excluding hydrogens is 466 g/mol. The smallest absolute Gasteiger partial charge is 0.323 e. The third kappa shape index (κ3) is 7.84. The van der Waals surface area contributed by atoms with Crippen molar-refractivity contribution < 1.29 is 22.7 Å². The molecule has 0 amide bonds. The fraction of sp³-hybridized carbons (Fsp3) is 0.385. The monoisotopic (exact) mass is 497 g/mol. The number of esters is 1. The molecule has 1 fully saturated rings. The molecule has 0 bridgehead atoms. The van der Waals surface area contributed by atoms with E-state index >= 15 is 0 Å². The van der Waals surface area contributed by atoms with E-state index in [0.29, 0.717) is 17.0 Å². The Labute approximate surface area is 207 Å². The van der Waals surface area contributed by atoms with Gasteiger partial charge in [-0.3, -0.25) is 9.10 Å². The molecule has 1 aliphatic rings. The summed E-state index contributed by atoms with van der Waals surface area (Å²) in [4.78, 5) is 14.2. The van der Waals surface area contributed by atoms with Gasteiger partial charge in [0.25, 0.3) is 0 Å². The first-order chi connectivity index (χ1) is 16.8. The molecule has 0 aromatic heterocycles. The third-order valence-corrected chi connectivity index (χ3v) is 7.26. The Morgan fingerprint density at radius 1 is 1.20 bits per heavy atom. The van der Waals surface area contributed by atoms with E-state index in [4.69, 9.17) is 14.7 Å². The lowest BCUT2D eigenvalue weighted by atomic mass is 10.1. The summed E-state index contributed by atoms with van der Waals surface area (Å²) in [5.41, 5.74) is 1.70. The van der Waals surface area contributed by atoms with Crippen molar-refractivity contribution in [1.82, 2.24) is 4.90 Å². The predicted octanol–water partition coefficient (Wildman–Crippen LogP) is 3.44. The number of piperidine rings is 1. The van der Waals surface area contributed by atoms with Gasteiger partial charge in [0.15, 0.2) is 5.75 Å². The summed E-state index contributed by atoms with van der Waals surface area (Å²) >= 11 is 0. The lowest BCUT2D eigenvalue weighted by Crippen LogP contribution is -2.36. The number of carbonyl (C=O) groups excluding carboxylic acids is 1. The molecule has 0 unspecified atom stereocenters. The average Bonchev–Trinajstić information content (AvgIpc) is 2.84. The van der Waals surface area contributed by atoms with E-state index in [-0.39, 0.29) is 19.3 Å². The number of hydrogen-bond acceptors (Lipinski definition) is 7. The molecule has 2 aromatic carbocycles. The van der Waals surface area contributed by atoms with E-state index in [1.807, 2.05) is 6.07 Å². The summed E-state index contributed by atoms with van der Waals surface area (Å²) in [5.74, 6) is -0.882. The van der Waals surface area contributed by atoms with Crippen molar-refractivity contribution in [3.05, 3.63) is 65.7 Å². The molecule has 3 rings (SSSR count). The minimum atomic E-state index is -4.00. The van der Waals surface area contributed by atoms with Crippen molar-refractivity contribution in [3.8, 4) is 11.8 Å². The Bertz CT molecular complexity index is 1160. The van der Waals surface area contributed by atoms with Gasteiger partial charge in [0, 0.05) is 13.1 Å². The van der Waals surface area contributed by atoms with Gasteiger partial charge in [0.2, 0.25) is 10.0 Å². The molecule has 2 aromatic rings. The second-order valence-corrected chi connectivity index (χ2v) is 10.2. The number of anilines is 1. The SMILES string of the molecule is CCOC(=O)CS(=O)(=O)N(C/C=C/c1cccc(C#N)c1)c1ccc(OC2CCN(C)CC2)cc1. The zero-order valence-electron chi connectivity index (χ0n) is 20.1. The molecule has 35 heavy (non-hydrogen) atoms. The van der Waals surface area contributed by atoms with E-state index in [2.05, 4.69) is 18.0 Å². The molecule has 186 valence electrons. The van der Waals surface area contributed by atoms with Crippen molar-refractivity contribution in [2.45, 2.75) is 25.9 Å². The molecule has 9 heteroatoms.